The number of hydrogen-bond donors (Lipinski definition) is 2. The fourth-order valence-corrected chi connectivity index (χ4v) is 4.17. The molecule has 0 saturated carbocycles. The van der Waals surface area contributed by atoms with Crippen LogP contribution in [0.4, 0.5) is 14.7 Å². The van der Waals surface area contributed by atoms with Gasteiger partial charge in [-0.15, -0.1) is 0 Å². The zero-order valence-electron chi connectivity index (χ0n) is 18.1. The molecule has 0 spiro atoms. The normalized spacial score (nSPS) is 17.4. The molecule has 1 atom stereocenters. The van der Waals surface area contributed by atoms with Crippen LogP contribution in [0, 0.1) is 11.6 Å². The smallest absolute Gasteiger partial charge is 0.302 e. The molecule has 1 aromatic heterocycles. The number of Topliss-reactive ketones (excluding diaryl/α,β-unsaturated/α-hetero) is 1. The van der Waals surface area contributed by atoms with E-state index in [4.69, 9.17) is 16.3 Å². The maximum atomic E-state index is 13.8. The van der Waals surface area contributed by atoms with Gasteiger partial charge in [-0.1, -0.05) is 23.7 Å². The number of halogens is 3. The predicted molar refractivity (Wildman–Crippen MR) is 125 cm³/mol. The first-order valence-electron chi connectivity index (χ1n) is 10.3. The number of carbonyl (C=O) groups excluding carboxylic acids is 2. The van der Waals surface area contributed by atoms with E-state index in [0.29, 0.717) is 16.3 Å². The third-order valence-electron chi connectivity index (χ3n) is 5.71. The van der Waals surface area contributed by atoms with Crippen molar-refractivity contribution in [2.75, 3.05) is 12.0 Å². The van der Waals surface area contributed by atoms with E-state index >= 15 is 0 Å². The standard InChI is InChI=1S/C25H16ClF2N3O4/c1-35-15-4-2-3-13(9-15)21-20(22(32)12-5-7-14(26)8-6-12)23(33)24(34)31(21)25-29-18-10-16(27)17(28)11-19(18)30-25/h2-11,21,32H,1H3,(H,29,30)/b22-20+. The summed E-state index contributed by atoms with van der Waals surface area (Å²) in [7, 11) is 1.46. The molecule has 4 aromatic rings. The van der Waals surface area contributed by atoms with Crippen LogP contribution in [0.3, 0.4) is 0 Å². The van der Waals surface area contributed by atoms with Gasteiger partial charge in [-0.3, -0.25) is 14.5 Å². The van der Waals surface area contributed by atoms with Crippen molar-refractivity contribution in [1.29, 1.82) is 0 Å². The van der Waals surface area contributed by atoms with Gasteiger partial charge >= 0.3 is 5.91 Å². The van der Waals surface area contributed by atoms with E-state index in [1.807, 2.05) is 0 Å². The highest BCUT2D eigenvalue weighted by Gasteiger charge is 2.48. The molecule has 1 amide bonds. The van der Waals surface area contributed by atoms with E-state index in [1.54, 1.807) is 24.3 Å². The molecular formula is C25H16ClF2N3O4. The molecule has 0 radical (unpaired) electrons. The van der Waals surface area contributed by atoms with Crippen molar-refractivity contribution in [3.8, 4) is 5.75 Å². The number of imidazole rings is 1. The van der Waals surface area contributed by atoms with Gasteiger partial charge in [-0.25, -0.2) is 13.8 Å². The summed E-state index contributed by atoms with van der Waals surface area (Å²) in [6, 6.07) is 13.4. The Morgan fingerprint density at radius 2 is 1.80 bits per heavy atom. The van der Waals surface area contributed by atoms with E-state index in [-0.39, 0.29) is 28.1 Å². The Bertz CT molecular complexity index is 1490. The van der Waals surface area contributed by atoms with Gasteiger partial charge in [0.1, 0.15) is 11.5 Å². The molecule has 176 valence electrons. The van der Waals surface area contributed by atoms with Gasteiger partial charge in [0.15, 0.2) is 11.6 Å². The molecule has 1 unspecified atom stereocenters. The summed E-state index contributed by atoms with van der Waals surface area (Å²) in [6.07, 6.45) is 0. The second-order valence-corrected chi connectivity index (χ2v) is 8.23. The Morgan fingerprint density at radius 3 is 2.51 bits per heavy atom. The van der Waals surface area contributed by atoms with Crippen molar-refractivity contribution in [2.45, 2.75) is 6.04 Å². The highest BCUT2D eigenvalue weighted by Crippen LogP contribution is 2.42. The minimum atomic E-state index is -1.11. The van der Waals surface area contributed by atoms with Crippen LogP contribution < -0.4 is 9.64 Å². The molecule has 2 N–H and O–H groups in total. The van der Waals surface area contributed by atoms with Crippen molar-refractivity contribution in [2.24, 2.45) is 0 Å². The summed E-state index contributed by atoms with van der Waals surface area (Å²) >= 11 is 5.94. The monoisotopic (exact) mass is 495 g/mol. The minimum absolute atomic E-state index is 0.0582. The SMILES string of the molecule is COc1cccc(C2/C(=C(\O)c3ccc(Cl)cc3)C(=O)C(=O)N2c2nc3cc(F)c(F)cc3[nH]2)c1. The van der Waals surface area contributed by atoms with Gasteiger partial charge in [0.05, 0.1) is 29.8 Å². The number of ketones is 1. The van der Waals surface area contributed by atoms with Crippen LogP contribution >= 0.6 is 11.6 Å². The molecule has 0 bridgehead atoms. The fourth-order valence-electron chi connectivity index (χ4n) is 4.05. The summed E-state index contributed by atoms with van der Waals surface area (Å²) in [6.45, 7) is 0. The third-order valence-corrected chi connectivity index (χ3v) is 5.96. The number of aromatic nitrogens is 2. The van der Waals surface area contributed by atoms with Crippen LogP contribution in [-0.2, 0) is 9.59 Å². The number of hydrogen-bond acceptors (Lipinski definition) is 5. The van der Waals surface area contributed by atoms with Crippen molar-refractivity contribution >= 4 is 46.0 Å². The van der Waals surface area contributed by atoms with Crippen LogP contribution in [-0.4, -0.2) is 33.9 Å². The highest BCUT2D eigenvalue weighted by atomic mass is 35.5. The first-order valence-corrected chi connectivity index (χ1v) is 10.7. The Balaban J connectivity index is 1.74. The fraction of sp³-hybridized carbons (Fsp3) is 0.0800. The third kappa shape index (κ3) is 3.79. The molecule has 2 heterocycles. The van der Waals surface area contributed by atoms with Gasteiger partial charge in [0.25, 0.3) is 5.78 Å². The number of ether oxygens (including phenoxy) is 1. The molecule has 7 nitrogen and oxygen atoms in total. The number of rotatable bonds is 4. The molecule has 1 aliphatic rings. The lowest BCUT2D eigenvalue weighted by atomic mass is 9.95. The maximum Gasteiger partial charge on any atom is 0.302 e. The Labute approximate surface area is 202 Å². The molecule has 3 aromatic carbocycles. The Morgan fingerprint density at radius 1 is 1.09 bits per heavy atom. The number of H-pyrrole nitrogens is 1. The summed E-state index contributed by atoms with van der Waals surface area (Å²) in [4.78, 5) is 34.5. The summed E-state index contributed by atoms with van der Waals surface area (Å²) in [5.74, 6) is -4.21. The predicted octanol–water partition coefficient (Wildman–Crippen LogP) is 5.13. The first-order chi connectivity index (χ1) is 16.8. The number of anilines is 1. The van der Waals surface area contributed by atoms with Crippen LogP contribution in [0.15, 0.2) is 66.2 Å². The van der Waals surface area contributed by atoms with Gasteiger partial charge in [0, 0.05) is 22.7 Å². The molecule has 35 heavy (non-hydrogen) atoms. The number of aromatic amines is 1. The first kappa shape index (κ1) is 22.5. The summed E-state index contributed by atoms with van der Waals surface area (Å²) < 4.78 is 32.8. The largest absolute Gasteiger partial charge is 0.507 e. The van der Waals surface area contributed by atoms with Crippen molar-refractivity contribution in [1.82, 2.24) is 9.97 Å². The van der Waals surface area contributed by atoms with E-state index in [1.165, 1.54) is 31.4 Å². The Hall–Kier alpha value is -4.24. The number of methoxy groups -OCH3 is 1. The number of carbonyl (C=O) groups is 2. The van der Waals surface area contributed by atoms with Crippen LogP contribution in [0.25, 0.3) is 16.8 Å². The zero-order chi connectivity index (χ0) is 24.9. The van der Waals surface area contributed by atoms with E-state index < -0.39 is 35.1 Å². The van der Waals surface area contributed by atoms with Crippen LogP contribution in [0.2, 0.25) is 5.02 Å². The number of aliphatic hydroxyl groups excluding tert-OH is 1. The van der Waals surface area contributed by atoms with Crippen LogP contribution in [0.5, 0.6) is 5.75 Å². The van der Waals surface area contributed by atoms with Crippen LogP contribution in [0.1, 0.15) is 17.2 Å². The molecule has 10 heteroatoms. The van der Waals surface area contributed by atoms with Gasteiger partial charge in [-0.05, 0) is 42.0 Å². The highest BCUT2D eigenvalue weighted by molar-refractivity contribution is 6.51. The number of benzene rings is 3. The molecule has 1 aliphatic heterocycles. The zero-order valence-corrected chi connectivity index (χ0v) is 18.8. The second-order valence-electron chi connectivity index (χ2n) is 7.80. The average Bonchev–Trinajstić information content (AvgIpc) is 3.37. The number of aliphatic hydroxyl groups is 1. The lowest BCUT2D eigenvalue weighted by molar-refractivity contribution is -0.132. The molecular weight excluding hydrogens is 480 g/mol. The quantitative estimate of drug-likeness (QED) is 0.232. The number of fused-ring (bicyclic) bond motifs is 1. The van der Waals surface area contributed by atoms with Crippen molar-refractivity contribution in [3.05, 3.63) is 94.0 Å². The van der Waals surface area contributed by atoms with Gasteiger partial charge in [0.2, 0.25) is 5.95 Å². The van der Waals surface area contributed by atoms with Gasteiger partial charge < -0.3 is 14.8 Å². The Kier molecular flexibility index (Phi) is 5.49. The second kappa shape index (κ2) is 8.52. The average molecular weight is 496 g/mol. The molecule has 0 aliphatic carbocycles. The topological polar surface area (TPSA) is 95.5 Å². The van der Waals surface area contributed by atoms with Crippen molar-refractivity contribution < 1.29 is 28.2 Å². The summed E-state index contributed by atoms with van der Waals surface area (Å²) in [5.41, 5.74) is 0.708. The summed E-state index contributed by atoms with van der Waals surface area (Å²) in [5, 5.41) is 11.5. The van der Waals surface area contributed by atoms with Gasteiger partial charge in [-0.2, -0.15) is 0 Å². The maximum absolute atomic E-state index is 13.8. The molecule has 5 rings (SSSR count). The lowest BCUT2D eigenvalue weighted by Gasteiger charge is -2.23. The molecule has 1 fully saturated rings. The van der Waals surface area contributed by atoms with E-state index in [9.17, 15) is 23.5 Å². The number of amides is 1. The number of nitrogens with zero attached hydrogens (tertiary/aromatic N) is 2. The van der Waals surface area contributed by atoms with E-state index in [2.05, 4.69) is 9.97 Å². The number of nitrogens with one attached hydrogen (secondary N) is 1. The minimum Gasteiger partial charge on any atom is -0.507 e. The van der Waals surface area contributed by atoms with Crippen molar-refractivity contribution in [3.63, 3.8) is 0 Å². The molecule has 1 saturated heterocycles. The van der Waals surface area contributed by atoms with E-state index in [0.717, 1.165) is 17.0 Å². The lowest BCUT2D eigenvalue weighted by Crippen LogP contribution is -2.30.